The van der Waals surface area contributed by atoms with Crippen LogP contribution in [0.1, 0.15) is 16.7 Å². The smallest absolute Gasteiger partial charge is 0.340 e. The molecule has 0 aliphatic rings. The lowest BCUT2D eigenvalue weighted by molar-refractivity contribution is -0.115. The Hall–Kier alpha value is -2.67. The topological polar surface area (TPSA) is 81.4 Å². The monoisotopic (exact) mass is 344 g/mol. The van der Waals surface area contributed by atoms with E-state index in [4.69, 9.17) is 9.15 Å². The van der Waals surface area contributed by atoms with Gasteiger partial charge in [-0.05, 0) is 37.1 Å². The SMILES string of the molecule is COc1cc(C)cc2oc(=O)c(CC(=O)Nc3nccs3)c(C)c12. The Balaban J connectivity index is 2.03. The summed E-state index contributed by atoms with van der Waals surface area (Å²) in [6.45, 7) is 3.69. The normalized spacial score (nSPS) is 10.8. The quantitative estimate of drug-likeness (QED) is 0.736. The highest BCUT2D eigenvalue weighted by Gasteiger charge is 2.18. The summed E-state index contributed by atoms with van der Waals surface area (Å²) >= 11 is 1.32. The van der Waals surface area contributed by atoms with Gasteiger partial charge in [-0.15, -0.1) is 11.3 Å². The van der Waals surface area contributed by atoms with E-state index in [2.05, 4.69) is 10.3 Å². The average Bonchev–Trinajstić information content (AvgIpc) is 3.03. The van der Waals surface area contributed by atoms with Gasteiger partial charge in [0, 0.05) is 11.6 Å². The molecule has 2 heterocycles. The van der Waals surface area contributed by atoms with E-state index < -0.39 is 5.63 Å². The van der Waals surface area contributed by atoms with Gasteiger partial charge >= 0.3 is 5.63 Å². The minimum atomic E-state index is -0.512. The van der Waals surface area contributed by atoms with Crippen molar-refractivity contribution in [3.05, 3.63) is 50.8 Å². The van der Waals surface area contributed by atoms with Crippen LogP contribution in [0.3, 0.4) is 0 Å². The first-order valence-corrected chi connectivity index (χ1v) is 8.18. The fourth-order valence-electron chi connectivity index (χ4n) is 2.61. The number of ether oxygens (including phenoxy) is 1. The number of aromatic nitrogens is 1. The van der Waals surface area contributed by atoms with Crippen molar-refractivity contribution in [3.8, 4) is 5.75 Å². The van der Waals surface area contributed by atoms with Gasteiger partial charge in [0.25, 0.3) is 0 Å². The van der Waals surface area contributed by atoms with Crippen LogP contribution in [-0.2, 0) is 11.2 Å². The molecule has 0 aliphatic carbocycles. The van der Waals surface area contributed by atoms with Crippen LogP contribution in [0.25, 0.3) is 11.0 Å². The number of nitrogens with one attached hydrogen (secondary N) is 1. The number of benzene rings is 1. The van der Waals surface area contributed by atoms with E-state index >= 15 is 0 Å². The summed E-state index contributed by atoms with van der Waals surface area (Å²) in [5, 5.41) is 5.63. The summed E-state index contributed by atoms with van der Waals surface area (Å²) in [6.07, 6.45) is 1.52. The van der Waals surface area contributed by atoms with Gasteiger partial charge in [-0.25, -0.2) is 9.78 Å². The molecule has 0 saturated carbocycles. The molecule has 2 aromatic heterocycles. The Labute approximate surface area is 142 Å². The molecule has 0 bridgehead atoms. The summed E-state index contributed by atoms with van der Waals surface area (Å²) in [7, 11) is 1.56. The molecule has 1 amide bonds. The van der Waals surface area contributed by atoms with Gasteiger partial charge in [-0.3, -0.25) is 4.79 Å². The first-order chi connectivity index (χ1) is 11.5. The van der Waals surface area contributed by atoms with Crippen molar-refractivity contribution in [3.63, 3.8) is 0 Å². The Kier molecular flexibility index (Phi) is 4.35. The van der Waals surface area contributed by atoms with Crippen molar-refractivity contribution in [2.45, 2.75) is 20.3 Å². The van der Waals surface area contributed by atoms with Gasteiger partial charge in [-0.1, -0.05) is 0 Å². The standard InChI is InChI=1S/C17H16N2O4S/c1-9-6-12(22-3)15-10(2)11(16(21)23-13(15)7-9)8-14(20)19-17-18-4-5-24-17/h4-7H,8H2,1-3H3,(H,18,19,20). The molecular formula is C17H16N2O4S. The zero-order valence-electron chi connectivity index (χ0n) is 13.5. The van der Waals surface area contributed by atoms with E-state index in [1.165, 1.54) is 11.3 Å². The van der Waals surface area contributed by atoms with Crippen molar-refractivity contribution < 1.29 is 13.9 Å². The fourth-order valence-corrected chi connectivity index (χ4v) is 3.16. The molecule has 0 radical (unpaired) electrons. The van der Waals surface area contributed by atoms with Crippen molar-refractivity contribution in [2.24, 2.45) is 0 Å². The van der Waals surface area contributed by atoms with Gasteiger partial charge in [0.1, 0.15) is 11.3 Å². The van der Waals surface area contributed by atoms with Crippen molar-refractivity contribution in [1.82, 2.24) is 4.98 Å². The lowest BCUT2D eigenvalue weighted by atomic mass is 10.0. The highest BCUT2D eigenvalue weighted by molar-refractivity contribution is 7.13. The lowest BCUT2D eigenvalue weighted by Gasteiger charge is -2.11. The van der Waals surface area contributed by atoms with Gasteiger partial charge in [-0.2, -0.15) is 0 Å². The first-order valence-electron chi connectivity index (χ1n) is 7.30. The Morgan fingerprint density at radius 3 is 2.83 bits per heavy atom. The molecule has 0 fully saturated rings. The number of methoxy groups -OCH3 is 1. The molecule has 3 rings (SSSR count). The highest BCUT2D eigenvalue weighted by atomic mass is 32.1. The van der Waals surface area contributed by atoms with Crippen molar-refractivity contribution in [2.75, 3.05) is 12.4 Å². The average molecular weight is 344 g/mol. The van der Waals surface area contributed by atoms with E-state index in [9.17, 15) is 9.59 Å². The third kappa shape index (κ3) is 3.03. The van der Waals surface area contributed by atoms with Crippen molar-refractivity contribution >= 4 is 33.3 Å². The second-order valence-electron chi connectivity index (χ2n) is 5.40. The van der Waals surface area contributed by atoms with Gasteiger partial charge in [0.2, 0.25) is 5.91 Å². The zero-order chi connectivity index (χ0) is 17.3. The molecule has 0 atom stereocenters. The Morgan fingerprint density at radius 2 is 2.17 bits per heavy atom. The van der Waals surface area contributed by atoms with E-state index in [1.54, 1.807) is 31.7 Å². The van der Waals surface area contributed by atoms with E-state index in [0.717, 1.165) is 5.56 Å². The number of anilines is 1. The number of fused-ring (bicyclic) bond motifs is 1. The predicted octanol–water partition coefficient (Wildman–Crippen LogP) is 3.06. The molecule has 0 spiro atoms. The number of thiazole rings is 1. The third-order valence-electron chi connectivity index (χ3n) is 3.72. The van der Waals surface area contributed by atoms with Gasteiger partial charge in [0.05, 0.1) is 24.5 Å². The molecule has 1 N–H and O–H groups in total. The number of nitrogens with zero attached hydrogens (tertiary/aromatic N) is 1. The maximum Gasteiger partial charge on any atom is 0.340 e. The molecular weight excluding hydrogens is 328 g/mol. The number of carbonyl (C=O) groups is 1. The van der Waals surface area contributed by atoms with Crippen LogP contribution in [0.4, 0.5) is 5.13 Å². The number of aryl methyl sites for hydroxylation is 2. The van der Waals surface area contributed by atoms with Crippen LogP contribution in [0.5, 0.6) is 5.75 Å². The highest BCUT2D eigenvalue weighted by Crippen LogP contribution is 2.30. The lowest BCUT2D eigenvalue weighted by Crippen LogP contribution is -2.20. The summed E-state index contributed by atoms with van der Waals surface area (Å²) < 4.78 is 10.8. The van der Waals surface area contributed by atoms with Crippen LogP contribution in [0.15, 0.2) is 32.9 Å². The van der Waals surface area contributed by atoms with Gasteiger partial charge in [0.15, 0.2) is 5.13 Å². The molecule has 0 saturated heterocycles. The van der Waals surface area contributed by atoms with Crippen molar-refractivity contribution in [1.29, 1.82) is 0 Å². The molecule has 24 heavy (non-hydrogen) atoms. The van der Waals surface area contributed by atoms with Crippen LogP contribution >= 0.6 is 11.3 Å². The molecule has 124 valence electrons. The maximum atomic E-state index is 12.3. The Morgan fingerprint density at radius 1 is 1.38 bits per heavy atom. The Bertz CT molecular complexity index is 961. The molecule has 7 heteroatoms. The first kappa shape index (κ1) is 16.2. The minimum Gasteiger partial charge on any atom is -0.496 e. The minimum absolute atomic E-state index is 0.0826. The molecule has 6 nitrogen and oxygen atoms in total. The molecule has 0 unspecified atom stereocenters. The number of carbonyl (C=O) groups excluding carboxylic acids is 1. The summed E-state index contributed by atoms with van der Waals surface area (Å²) in [4.78, 5) is 28.5. The largest absolute Gasteiger partial charge is 0.496 e. The second kappa shape index (κ2) is 6.45. The van der Waals surface area contributed by atoms with Crippen LogP contribution in [-0.4, -0.2) is 18.0 Å². The summed E-state index contributed by atoms with van der Waals surface area (Å²) in [6, 6.07) is 3.65. The number of hydrogen-bond donors (Lipinski definition) is 1. The van der Waals surface area contributed by atoms with E-state index in [-0.39, 0.29) is 12.3 Å². The van der Waals surface area contributed by atoms with Crippen LogP contribution in [0, 0.1) is 13.8 Å². The number of rotatable bonds is 4. The predicted molar refractivity (Wildman–Crippen MR) is 93.0 cm³/mol. The third-order valence-corrected chi connectivity index (χ3v) is 4.41. The summed E-state index contributed by atoms with van der Waals surface area (Å²) in [5.74, 6) is 0.304. The van der Waals surface area contributed by atoms with Crippen LogP contribution in [0.2, 0.25) is 0 Å². The fraction of sp³-hybridized carbons (Fsp3) is 0.235. The number of hydrogen-bond acceptors (Lipinski definition) is 6. The zero-order valence-corrected chi connectivity index (χ0v) is 14.3. The molecule has 1 aromatic carbocycles. The molecule has 0 aliphatic heterocycles. The maximum absolute atomic E-state index is 12.3. The van der Waals surface area contributed by atoms with Gasteiger partial charge < -0.3 is 14.5 Å². The van der Waals surface area contributed by atoms with E-state index in [1.807, 2.05) is 13.0 Å². The van der Waals surface area contributed by atoms with Crippen LogP contribution < -0.4 is 15.7 Å². The van der Waals surface area contributed by atoms with E-state index in [0.29, 0.717) is 33.0 Å². The second-order valence-corrected chi connectivity index (χ2v) is 6.29. The summed E-state index contributed by atoms with van der Waals surface area (Å²) in [5.41, 5.74) is 1.88. The number of amides is 1. The molecule has 3 aromatic rings.